The van der Waals surface area contributed by atoms with Gasteiger partial charge in [-0.1, -0.05) is 31.5 Å². The summed E-state index contributed by atoms with van der Waals surface area (Å²) in [4.78, 5) is 4.41. The van der Waals surface area contributed by atoms with Gasteiger partial charge in [-0.2, -0.15) is 0 Å². The number of aromatic nitrogens is 1. The SMILES string of the molecule is CCCc1nc2ccccc2cc1O. The summed E-state index contributed by atoms with van der Waals surface area (Å²) in [6.45, 7) is 2.08. The molecule has 0 bridgehead atoms. The zero-order valence-corrected chi connectivity index (χ0v) is 8.20. The van der Waals surface area contributed by atoms with Crippen LogP contribution in [0.4, 0.5) is 0 Å². The van der Waals surface area contributed by atoms with Crippen LogP contribution in [0.3, 0.4) is 0 Å². The van der Waals surface area contributed by atoms with Gasteiger partial charge in [0.2, 0.25) is 0 Å². The highest BCUT2D eigenvalue weighted by Gasteiger charge is 2.03. The highest BCUT2D eigenvalue weighted by molar-refractivity contribution is 5.80. The molecular weight excluding hydrogens is 174 g/mol. The van der Waals surface area contributed by atoms with Crippen molar-refractivity contribution in [2.75, 3.05) is 0 Å². The first-order chi connectivity index (χ1) is 6.81. The molecule has 0 atom stereocenters. The zero-order valence-electron chi connectivity index (χ0n) is 8.20. The van der Waals surface area contributed by atoms with Crippen LogP contribution < -0.4 is 0 Å². The monoisotopic (exact) mass is 187 g/mol. The molecule has 0 radical (unpaired) electrons. The second-order valence-electron chi connectivity index (χ2n) is 3.40. The fraction of sp³-hybridized carbons (Fsp3) is 0.250. The molecule has 72 valence electrons. The normalized spacial score (nSPS) is 10.6. The summed E-state index contributed by atoms with van der Waals surface area (Å²) in [7, 11) is 0. The molecule has 2 heteroatoms. The molecule has 0 amide bonds. The van der Waals surface area contributed by atoms with E-state index in [1.165, 1.54) is 0 Å². The Hall–Kier alpha value is -1.57. The lowest BCUT2D eigenvalue weighted by molar-refractivity contribution is 0.465. The summed E-state index contributed by atoms with van der Waals surface area (Å²) >= 11 is 0. The third-order valence-electron chi connectivity index (χ3n) is 2.27. The topological polar surface area (TPSA) is 33.1 Å². The molecule has 2 rings (SSSR count). The molecule has 1 aromatic carbocycles. The van der Waals surface area contributed by atoms with Crippen LogP contribution in [-0.2, 0) is 6.42 Å². The largest absolute Gasteiger partial charge is 0.506 e. The average molecular weight is 187 g/mol. The zero-order chi connectivity index (χ0) is 9.97. The van der Waals surface area contributed by atoms with Crippen molar-refractivity contribution < 1.29 is 5.11 Å². The summed E-state index contributed by atoms with van der Waals surface area (Å²) in [5, 5.41) is 10.7. The molecule has 2 aromatic rings. The van der Waals surface area contributed by atoms with Crippen LogP contribution >= 0.6 is 0 Å². The van der Waals surface area contributed by atoms with E-state index >= 15 is 0 Å². The smallest absolute Gasteiger partial charge is 0.137 e. The summed E-state index contributed by atoms with van der Waals surface area (Å²) in [6, 6.07) is 9.62. The van der Waals surface area contributed by atoms with Crippen molar-refractivity contribution >= 4 is 10.9 Å². The number of hydrogen-bond donors (Lipinski definition) is 1. The van der Waals surface area contributed by atoms with Gasteiger partial charge in [0.1, 0.15) is 5.75 Å². The number of aryl methyl sites for hydroxylation is 1. The minimum absolute atomic E-state index is 0.311. The fourth-order valence-electron chi connectivity index (χ4n) is 1.57. The number of aromatic hydroxyl groups is 1. The third-order valence-corrected chi connectivity index (χ3v) is 2.27. The molecule has 0 saturated heterocycles. The molecule has 1 N–H and O–H groups in total. The Morgan fingerprint density at radius 2 is 2.07 bits per heavy atom. The summed E-state index contributed by atoms with van der Waals surface area (Å²) < 4.78 is 0. The fourth-order valence-corrected chi connectivity index (χ4v) is 1.57. The number of rotatable bonds is 2. The molecule has 0 spiro atoms. The van der Waals surface area contributed by atoms with Crippen LogP contribution in [0.25, 0.3) is 10.9 Å². The number of nitrogens with zero attached hydrogens (tertiary/aromatic N) is 1. The molecule has 1 aromatic heterocycles. The van der Waals surface area contributed by atoms with Crippen molar-refractivity contribution in [3.05, 3.63) is 36.0 Å². The minimum Gasteiger partial charge on any atom is -0.506 e. The van der Waals surface area contributed by atoms with Crippen LogP contribution in [0.15, 0.2) is 30.3 Å². The lowest BCUT2D eigenvalue weighted by Crippen LogP contribution is -1.90. The molecular formula is C12H13NO. The van der Waals surface area contributed by atoms with Gasteiger partial charge in [0.25, 0.3) is 0 Å². The maximum atomic E-state index is 9.68. The Morgan fingerprint density at radius 3 is 2.86 bits per heavy atom. The number of pyridine rings is 1. The van der Waals surface area contributed by atoms with Crippen LogP contribution in [0.2, 0.25) is 0 Å². The van der Waals surface area contributed by atoms with Gasteiger partial charge in [-0.25, -0.2) is 4.98 Å². The Morgan fingerprint density at radius 1 is 1.29 bits per heavy atom. The third kappa shape index (κ3) is 1.55. The molecule has 0 aliphatic heterocycles. The lowest BCUT2D eigenvalue weighted by Gasteiger charge is -2.04. The van der Waals surface area contributed by atoms with Crippen molar-refractivity contribution in [1.82, 2.24) is 4.98 Å². The quantitative estimate of drug-likeness (QED) is 0.784. The Kier molecular flexibility index (Phi) is 2.35. The van der Waals surface area contributed by atoms with Gasteiger partial charge < -0.3 is 5.11 Å². The van der Waals surface area contributed by atoms with Crippen molar-refractivity contribution in [3.8, 4) is 5.75 Å². The molecule has 0 fully saturated rings. The van der Waals surface area contributed by atoms with E-state index in [0.717, 1.165) is 29.4 Å². The van der Waals surface area contributed by atoms with Crippen molar-refractivity contribution in [3.63, 3.8) is 0 Å². The molecule has 2 nitrogen and oxygen atoms in total. The minimum atomic E-state index is 0.311. The number of benzene rings is 1. The van der Waals surface area contributed by atoms with E-state index in [1.54, 1.807) is 6.07 Å². The van der Waals surface area contributed by atoms with E-state index in [4.69, 9.17) is 0 Å². The van der Waals surface area contributed by atoms with Gasteiger partial charge in [0, 0.05) is 5.39 Å². The Bertz CT molecular complexity index is 451. The van der Waals surface area contributed by atoms with Crippen molar-refractivity contribution in [1.29, 1.82) is 0 Å². The first kappa shape index (κ1) is 9.00. The van der Waals surface area contributed by atoms with Crippen molar-refractivity contribution in [2.24, 2.45) is 0 Å². The maximum Gasteiger partial charge on any atom is 0.137 e. The number of hydrogen-bond acceptors (Lipinski definition) is 2. The van der Waals surface area contributed by atoms with E-state index in [1.807, 2.05) is 24.3 Å². The van der Waals surface area contributed by atoms with Crippen LogP contribution in [0, 0.1) is 0 Å². The molecule has 0 aliphatic rings. The van der Waals surface area contributed by atoms with E-state index in [9.17, 15) is 5.11 Å². The second-order valence-corrected chi connectivity index (χ2v) is 3.40. The maximum absolute atomic E-state index is 9.68. The Balaban J connectivity index is 2.59. The average Bonchev–Trinajstić information content (AvgIpc) is 2.19. The second kappa shape index (κ2) is 3.66. The summed E-state index contributed by atoms with van der Waals surface area (Å²) in [5.41, 5.74) is 1.75. The van der Waals surface area contributed by atoms with Gasteiger partial charge in [-0.15, -0.1) is 0 Å². The number of fused-ring (bicyclic) bond motifs is 1. The van der Waals surface area contributed by atoms with E-state index in [-0.39, 0.29) is 0 Å². The predicted molar refractivity (Wildman–Crippen MR) is 57.4 cm³/mol. The highest BCUT2D eigenvalue weighted by atomic mass is 16.3. The summed E-state index contributed by atoms with van der Waals surface area (Å²) in [5.74, 6) is 0.311. The molecule has 0 aliphatic carbocycles. The Labute approximate surface area is 83.2 Å². The summed E-state index contributed by atoms with van der Waals surface area (Å²) in [6.07, 6.45) is 1.83. The van der Waals surface area contributed by atoms with Crippen molar-refractivity contribution in [2.45, 2.75) is 19.8 Å². The van der Waals surface area contributed by atoms with Gasteiger partial charge >= 0.3 is 0 Å². The molecule has 0 unspecified atom stereocenters. The van der Waals surface area contributed by atoms with Gasteiger partial charge in [0.15, 0.2) is 0 Å². The lowest BCUT2D eigenvalue weighted by atomic mass is 10.1. The van der Waals surface area contributed by atoms with Gasteiger partial charge in [0.05, 0.1) is 11.2 Å². The molecule has 14 heavy (non-hydrogen) atoms. The molecule has 0 saturated carbocycles. The van der Waals surface area contributed by atoms with Crippen LogP contribution in [-0.4, -0.2) is 10.1 Å². The van der Waals surface area contributed by atoms with Crippen LogP contribution in [0.5, 0.6) is 5.75 Å². The standard InChI is InChI=1S/C12H13NO/c1-2-5-11-12(14)8-9-6-3-4-7-10(9)13-11/h3-4,6-8,14H,2,5H2,1H3. The predicted octanol–water partition coefficient (Wildman–Crippen LogP) is 2.89. The van der Waals surface area contributed by atoms with Gasteiger partial charge in [-0.05, 0) is 18.6 Å². The number of para-hydroxylation sites is 1. The molecule has 1 heterocycles. The first-order valence-corrected chi connectivity index (χ1v) is 4.89. The van der Waals surface area contributed by atoms with E-state index < -0.39 is 0 Å². The van der Waals surface area contributed by atoms with Crippen LogP contribution in [0.1, 0.15) is 19.0 Å². The van der Waals surface area contributed by atoms with Gasteiger partial charge in [-0.3, -0.25) is 0 Å². The highest BCUT2D eigenvalue weighted by Crippen LogP contribution is 2.22. The first-order valence-electron chi connectivity index (χ1n) is 4.89. The van der Waals surface area contributed by atoms with E-state index in [0.29, 0.717) is 5.75 Å². The van der Waals surface area contributed by atoms with E-state index in [2.05, 4.69) is 11.9 Å².